The van der Waals surface area contributed by atoms with Crippen LogP contribution in [0, 0.1) is 10.1 Å². The number of carbonyl (C=O) groups is 1. The predicted octanol–water partition coefficient (Wildman–Crippen LogP) is 3.15. The van der Waals surface area contributed by atoms with Crippen LogP contribution in [0.1, 0.15) is 23.2 Å². The van der Waals surface area contributed by atoms with Crippen molar-refractivity contribution in [2.24, 2.45) is 0 Å². The van der Waals surface area contributed by atoms with Crippen molar-refractivity contribution in [2.75, 3.05) is 20.3 Å². The molecule has 0 aromatic heterocycles. The number of nitro benzene ring substituents is 1. The number of nitro groups is 1. The van der Waals surface area contributed by atoms with Gasteiger partial charge in [0, 0.05) is 37.9 Å². The molecule has 0 aliphatic carbocycles. The molecule has 0 N–H and O–H groups in total. The van der Waals surface area contributed by atoms with Gasteiger partial charge in [-0.25, -0.2) is 0 Å². The quantitative estimate of drug-likeness (QED) is 0.629. The van der Waals surface area contributed by atoms with Gasteiger partial charge in [0.25, 0.3) is 11.6 Å². The molecule has 1 fully saturated rings. The summed E-state index contributed by atoms with van der Waals surface area (Å²) in [5.74, 6) is -0.316. The molecule has 1 aromatic rings. The lowest BCUT2D eigenvalue weighted by molar-refractivity contribution is -0.384. The van der Waals surface area contributed by atoms with E-state index in [4.69, 9.17) is 27.9 Å². The summed E-state index contributed by atoms with van der Waals surface area (Å²) < 4.78 is 5.25. The van der Waals surface area contributed by atoms with E-state index in [-0.39, 0.29) is 33.2 Å². The molecule has 114 valence electrons. The second kappa shape index (κ2) is 6.60. The maximum Gasteiger partial charge on any atom is 0.290 e. The van der Waals surface area contributed by atoms with Crippen LogP contribution in [0.3, 0.4) is 0 Å². The standard InChI is InChI=1S/C13H14Cl2N2O4/c1-16(9-2-4-21-5-3-9)13(18)8-6-10(14)12(15)11(7-8)17(19)20/h6-7,9H,2-5H2,1H3. The highest BCUT2D eigenvalue weighted by Gasteiger charge is 2.26. The van der Waals surface area contributed by atoms with Gasteiger partial charge in [0.05, 0.1) is 9.95 Å². The summed E-state index contributed by atoms with van der Waals surface area (Å²) in [4.78, 5) is 24.3. The van der Waals surface area contributed by atoms with Crippen molar-refractivity contribution in [2.45, 2.75) is 18.9 Å². The summed E-state index contributed by atoms with van der Waals surface area (Å²) in [7, 11) is 1.67. The van der Waals surface area contributed by atoms with Crippen molar-refractivity contribution < 1.29 is 14.5 Å². The fraction of sp³-hybridized carbons (Fsp3) is 0.462. The van der Waals surface area contributed by atoms with Crippen LogP contribution in [0.5, 0.6) is 0 Å². The van der Waals surface area contributed by atoms with Gasteiger partial charge in [-0.2, -0.15) is 0 Å². The molecule has 0 spiro atoms. The van der Waals surface area contributed by atoms with Gasteiger partial charge in [0.2, 0.25) is 0 Å². The molecule has 2 rings (SSSR count). The Morgan fingerprint density at radius 1 is 1.38 bits per heavy atom. The van der Waals surface area contributed by atoms with E-state index in [1.54, 1.807) is 11.9 Å². The maximum absolute atomic E-state index is 12.4. The van der Waals surface area contributed by atoms with E-state index in [1.165, 1.54) is 6.07 Å². The van der Waals surface area contributed by atoms with Gasteiger partial charge >= 0.3 is 0 Å². The number of benzene rings is 1. The zero-order valence-corrected chi connectivity index (χ0v) is 12.9. The highest BCUT2D eigenvalue weighted by molar-refractivity contribution is 6.43. The van der Waals surface area contributed by atoms with Gasteiger partial charge in [0.1, 0.15) is 5.02 Å². The largest absolute Gasteiger partial charge is 0.381 e. The molecule has 1 amide bonds. The Morgan fingerprint density at radius 2 is 2.00 bits per heavy atom. The molecule has 0 bridgehead atoms. The minimum absolute atomic E-state index is 0.00501. The first-order valence-electron chi connectivity index (χ1n) is 6.40. The maximum atomic E-state index is 12.4. The van der Waals surface area contributed by atoms with Crippen molar-refractivity contribution in [3.8, 4) is 0 Å². The molecular formula is C13H14Cl2N2O4. The first-order valence-corrected chi connectivity index (χ1v) is 7.15. The third kappa shape index (κ3) is 3.45. The monoisotopic (exact) mass is 332 g/mol. The number of ether oxygens (including phenoxy) is 1. The van der Waals surface area contributed by atoms with Gasteiger partial charge in [-0.1, -0.05) is 23.2 Å². The molecule has 1 aromatic carbocycles. The van der Waals surface area contributed by atoms with Crippen molar-refractivity contribution >= 4 is 34.8 Å². The Hall–Kier alpha value is -1.37. The molecule has 0 atom stereocenters. The van der Waals surface area contributed by atoms with Crippen LogP contribution in [0.4, 0.5) is 5.69 Å². The average molecular weight is 333 g/mol. The second-order valence-electron chi connectivity index (χ2n) is 4.81. The van der Waals surface area contributed by atoms with Gasteiger partial charge in [-0.05, 0) is 18.9 Å². The van der Waals surface area contributed by atoms with Crippen LogP contribution in [-0.2, 0) is 4.74 Å². The molecule has 0 saturated carbocycles. The Bertz CT molecular complexity index is 574. The molecule has 6 nitrogen and oxygen atoms in total. The number of hydrogen-bond donors (Lipinski definition) is 0. The second-order valence-corrected chi connectivity index (χ2v) is 5.59. The van der Waals surface area contributed by atoms with Gasteiger partial charge in [-0.3, -0.25) is 14.9 Å². The molecule has 1 saturated heterocycles. The molecule has 0 unspecified atom stereocenters. The Balaban J connectivity index is 2.28. The van der Waals surface area contributed by atoms with E-state index < -0.39 is 4.92 Å². The molecule has 1 aliphatic rings. The third-order valence-electron chi connectivity index (χ3n) is 3.51. The molecular weight excluding hydrogens is 319 g/mol. The van der Waals surface area contributed by atoms with Gasteiger partial charge in [0.15, 0.2) is 0 Å². The minimum atomic E-state index is -0.653. The van der Waals surface area contributed by atoms with Crippen LogP contribution in [-0.4, -0.2) is 42.0 Å². The summed E-state index contributed by atoms with van der Waals surface area (Å²) in [6, 6.07) is 2.57. The summed E-state index contributed by atoms with van der Waals surface area (Å²) in [5, 5.41) is 10.8. The lowest BCUT2D eigenvalue weighted by Crippen LogP contribution is -2.40. The molecule has 0 radical (unpaired) electrons. The Labute approximate surface area is 131 Å². The topological polar surface area (TPSA) is 72.7 Å². The van der Waals surface area contributed by atoms with Crippen molar-refractivity contribution in [3.05, 3.63) is 37.9 Å². The normalized spacial score (nSPS) is 15.8. The fourth-order valence-electron chi connectivity index (χ4n) is 2.27. The smallest absolute Gasteiger partial charge is 0.290 e. The summed E-state index contributed by atoms with van der Waals surface area (Å²) in [6.45, 7) is 1.20. The Morgan fingerprint density at radius 3 is 2.57 bits per heavy atom. The van der Waals surface area contributed by atoms with Gasteiger partial charge < -0.3 is 9.64 Å². The number of amides is 1. The van der Waals surface area contributed by atoms with E-state index in [0.717, 1.165) is 18.9 Å². The van der Waals surface area contributed by atoms with Crippen LogP contribution in [0.15, 0.2) is 12.1 Å². The van der Waals surface area contributed by atoms with E-state index in [1.807, 2.05) is 0 Å². The number of halogens is 2. The van der Waals surface area contributed by atoms with Crippen LogP contribution < -0.4 is 0 Å². The first kappa shape index (κ1) is 16.0. The number of carbonyl (C=O) groups excluding carboxylic acids is 1. The zero-order valence-electron chi connectivity index (χ0n) is 11.3. The lowest BCUT2D eigenvalue weighted by Gasteiger charge is -2.31. The molecule has 8 heteroatoms. The van der Waals surface area contributed by atoms with Crippen LogP contribution >= 0.6 is 23.2 Å². The number of hydrogen-bond acceptors (Lipinski definition) is 4. The van der Waals surface area contributed by atoms with Crippen molar-refractivity contribution in [1.82, 2.24) is 4.90 Å². The SMILES string of the molecule is CN(C(=O)c1cc(Cl)c(Cl)c([N+](=O)[O-])c1)C1CCOCC1. The average Bonchev–Trinajstić information content (AvgIpc) is 2.49. The fourth-order valence-corrected chi connectivity index (χ4v) is 2.67. The van der Waals surface area contributed by atoms with Crippen molar-refractivity contribution in [3.63, 3.8) is 0 Å². The number of nitrogens with zero attached hydrogens (tertiary/aromatic N) is 2. The highest BCUT2D eigenvalue weighted by Crippen LogP contribution is 2.33. The van der Waals surface area contributed by atoms with Crippen LogP contribution in [0.2, 0.25) is 10.0 Å². The Kier molecular flexibility index (Phi) is 5.03. The molecule has 21 heavy (non-hydrogen) atoms. The van der Waals surface area contributed by atoms with E-state index in [2.05, 4.69) is 0 Å². The lowest BCUT2D eigenvalue weighted by atomic mass is 10.1. The third-order valence-corrected chi connectivity index (χ3v) is 4.30. The van der Waals surface area contributed by atoms with E-state index in [9.17, 15) is 14.9 Å². The summed E-state index contributed by atoms with van der Waals surface area (Å²) in [6.07, 6.45) is 1.48. The predicted molar refractivity (Wildman–Crippen MR) is 79.1 cm³/mol. The zero-order chi connectivity index (χ0) is 15.6. The summed E-state index contributed by atoms with van der Waals surface area (Å²) >= 11 is 11.6. The van der Waals surface area contributed by atoms with Crippen LogP contribution in [0.25, 0.3) is 0 Å². The van der Waals surface area contributed by atoms with Crippen molar-refractivity contribution in [1.29, 1.82) is 0 Å². The summed E-state index contributed by atoms with van der Waals surface area (Å²) in [5.41, 5.74) is -0.210. The highest BCUT2D eigenvalue weighted by atomic mass is 35.5. The van der Waals surface area contributed by atoms with Gasteiger partial charge in [-0.15, -0.1) is 0 Å². The first-order chi connectivity index (χ1) is 9.91. The molecule has 1 heterocycles. The van der Waals surface area contributed by atoms with E-state index >= 15 is 0 Å². The number of rotatable bonds is 3. The molecule has 1 aliphatic heterocycles. The minimum Gasteiger partial charge on any atom is -0.381 e. The van der Waals surface area contributed by atoms with E-state index in [0.29, 0.717) is 13.2 Å².